The zero-order valence-corrected chi connectivity index (χ0v) is 8.26. The molecule has 1 aliphatic rings. The van der Waals surface area contributed by atoms with Gasteiger partial charge in [-0.05, 0) is 38.6 Å². The van der Waals surface area contributed by atoms with E-state index in [4.69, 9.17) is 6.42 Å². The number of allylic oxidation sites excluding steroid dienone is 1. The van der Waals surface area contributed by atoms with Crippen LogP contribution in [0.1, 0.15) is 38.5 Å². The largest absolute Gasteiger partial charge is 0.311 e. The van der Waals surface area contributed by atoms with Gasteiger partial charge in [-0.25, -0.2) is 0 Å². The molecule has 1 aliphatic carbocycles. The van der Waals surface area contributed by atoms with Crippen molar-refractivity contribution in [1.82, 2.24) is 5.32 Å². The molecule has 13 heavy (non-hydrogen) atoms. The minimum atomic E-state index is 0.625. The third-order valence-electron chi connectivity index (χ3n) is 2.41. The molecule has 1 heteroatoms. The quantitative estimate of drug-likeness (QED) is 0.386. The van der Waals surface area contributed by atoms with Crippen molar-refractivity contribution in [1.29, 1.82) is 0 Å². The summed E-state index contributed by atoms with van der Waals surface area (Å²) in [6, 6.07) is 0.625. The molecule has 0 saturated heterocycles. The van der Waals surface area contributed by atoms with Crippen molar-refractivity contribution in [3.05, 3.63) is 12.2 Å². The highest BCUT2D eigenvalue weighted by Crippen LogP contribution is 2.09. The average Bonchev–Trinajstić information content (AvgIpc) is 2.19. The van der Waals surface area contributed by atoms with E-state index < -0.39 is 0 Å². The van der Waals surface area contributed by atoms with Gasteiger partial charge in [0.15, 0.2) is 0 Å². The van der Waals surface area contributed by atoms with E-state index in [0.29, 0.717) is 6.04 Å². The van der Waals surface area contributed by atoms with Crippen molar-refractivity contribution in [3.8, 4) is 12.3 Å². The zero-order chi connectivity index (χ0) is 9.36. The molecule has 1 atom stereocenters. The van der Waals surface area contributed by atoms with Gasteiger partial charge in [-0.3, -0.25) is 0 Å². The van der Waals surface area contributed by atoms with Crippen LogP contribution in [0.15, 0.2) is 12.2 Å². The van der Waals surface area contributed by atoms with Crippen molar-refractivity contribution in [2.45, 2.75) is 44.6 Å². The number of hydrogen-bond donors (Lipinski definition) is 1. The van der Waals surface area contributed by atoms with Crippen LogP contribution in [-0.2, 0) is 0 Å². The van der Waals surface area contributed by atoms with Gasteiger partial charge in [-0.2, -0.15) is 0 Å². The molecule has 1 nitrogen and oxygen atoms in total. The summed E-state index contributed by atoms with van der Waals surface area (Å²) in [5.74, 6) is 2.66. The number of rotatable bonds is 5. The lowest BCUT2D eigenvalue weighted by atomic mass is 10.0. The first kappa shape index (κ1) is 10.3. The Balaban J connectivity index is 1.96. The maximum Gasteiger partial charge on any atom is 0.0250 e. The van der Waals surface area contributed by atoms with Crippen molar-refractivity contribution >= 4 is 0 Å². The van der Waals surface area contributed by atoms with Crippen LogP contribution in [0, 0.1) is 12.3 Å². The summed E-state index contributed by atoms with van der Waals surface area (Å²) in [5, 5.41) is 3.53. The second-order valence-electron chi connectivity index (χ2n) is 3.58. The molecule has 1 rings (SSSR count). The molecule has 0 aliphatic heterocycles. The number of terminal acetylenes is 1. The van der Waals surface area contributed by atoms with Gasteiger partial charge in [0.1, 0.15) is 0 Å². The minimum absolute atomic E-state index is 0.625. The van der Waals surface area contributed by atoms with E-state index in [2.05, 4.69) is 23.4 Å². The summed E-state index contributed by atoms with van der Waals surface area (Å²) >= 11 is 0. The van der Waals surface area contributed by atoms with E-state index in [1.54, 1.807) is 0 Å². The standard InChI is InChI=1S/C12H19N/c1-2-3-4-8-11-13-12-9-6-5-7-10-12/h1,6,9,12-13H,3-5,7-8,10-11H2. The molecule has 0 spiro atoms. The van der Waals surface area contributed by atoms with Gasteiger partial charge in [0, 0.05) is 12.5 Å². The average molecular weight is 177 g/mol. The van der Waals surface area contributed by atoms with E-state index in [1.807, 2.05) is 0 Å². The molecule has 0 amide bonds. The Bertz CT molecular complexity index is 188. The number of unbranched alkanes of at least 4 members (excludes halogenated alkanes) is 2. The smallest absolute Gasteiger partial charge is 0.0250 e. The maximum atomic E-state index is 5.17. The van der Waals surface area contributed by atoms with Crippen molar-refractivity contribution in [2.75, 3.05) is 6.54 Å². The Labute approximate surface area is 81.6 Å². The Morgan fingerprint density at radius 3 is 3.08 bits per heavy atom. The van der Waals surface area contributed by atoms with Gasteiger partial charge in [0.05, 0.1) is 0 Å². The Kier molecular flexibility index (Phi) is 5.36. The van der Waals surface area contributed by atoms with Crippen LogP contribution in [-0.4, -0.2) is 12.6 Å². The van der Waals surface area contributed by atoms with Gasteiger partial charge in [0.25, 0.3) is 0 Å². The summed E-state index contributed by atoms with van der Waals surface area (Å²) in [5.41, 5.74) is 0. The molecule has 1 unspecified atom stereocenters. The molecular weight excluding hydrogens is 158 g/mol. The fourth-order valence-corrected chi connectivity index (χ4v) is 1.62. The van der Waals surface area contributed by atoms with Crippen LogP contribution in [0.4, 0.5) is 0 Å². The summed E-state index contributed by atoms with van der Waals surface area (Å²) < 4.78 is 0. The van der Waals surface area contributed by atoms with Crippen molar-refractivity contribution in [3.63, 3.8) is 0 Å². The lowest BCUT2D eigenvalue weighted by Gasteiger charge is -2.17. The first-order chi connectivity index (χ1) is 6.43. The highest BCUT2D eigenvalue weighted by molar-refractivity contribution is 4.97. The van der Waals surface area contributed by atoms with Gasteiger partial charge >= 0.3 is 0 Å². The topological polar surface area (TPSA) is 12.0 Å². The molecular formula is C12H19N. The van der Waals surface area contributed by atoms with Crippen LogP contribution < -0.4 is 5.32 Å². The summed E-state index contributed by atoms with van der Waals surface area (Å²) in [4.78, 5) is 0. The van der Waals surface area contributed by atoms with Crippen LogP contribution in [0.3, 0.4) is 0 Å². The van der Waals surface area contributed by atoms with Crippen LogP contribution >= 0.6 is 0 Å². The molecule has 0 fully saturated rings. The molecule has 0 heterocycles. The molecule has 0 radical (unpaired) electrons. The highest BCUT2D eigenvalue weighted by atomic mass is 14.9. The predicted octanol–water partition coefficient (Wildman–Crippen LogP) is 2.49. The Morgan fingerprint density at radius 1 is 1.46 bits per heavy atom. The van der Waals surface area contributed by atoms with Gasteiger partial charge in [0.2, 0.25) is 0 Å². The molecule has 0 aromatic rings. The van der Waals surface area contributed by atoms with Gasteiger partial charge < -0.3 is 5.32 Å². The van der Waals surface area contributed by atoms with Gasteiger partial charge in [-0.15, -0.1) is 12.3 Å². The summed E-state index contributed by atoms with van der Waals surface area (Å²) in [6.45, 7) is 1.11. The SMILES string of the molecule is C#CCCCCNC1C=CCCC1. The van der Waals surface area contributed by atoms with Crippen LogP contribution in [0.2, 0.25) is 0 Å². The lowest BCUT2D eigenvalue weighted by molar-refractivity contribution is 0.510. The first-order valence-electron chi connectivity index (χ1n) is 5.27. The van der Waals surface area contributed by atoms with Crippen molar-refractivity contribution in [2.24, 2.45) is 0 Å². The zero-order valence-electron chi connectivity index (χ0n) is 8.26. The maximum absolute atomic E-state index is 5.17. The molecule has 72 valence electrons. The van der Waals surface area contributed by atoms with Crippen molar-refractivity contribution < 1.29 is 0 Å². The number of nitrogens with one attached hydrogen (secondary N) is 1. The Hall–Kier alpha value is -0.740. The predicted molar refractivity (Wildman–Crippen MR) is 57.5 cm³/mol. The molecule has 0 aromatic heterocycles. The fourth-order valence-electron chi connectivity index (χ4n) is 1.62. The van der Waals surface area contributed by atoms with E-state index in [1.165, 1.54) is 25.7 Å². The molecule has 1 N–H and O–H groups in total. The normalized spacial score (nSPS) is 21.3. The third kappa shape index (κ3) is 4.75. The summed E-state index contributed by atoms with van der Waals surface area (Å²) in [7, 11) is 0. The van der Waals surface area contributed by atoms with E-state index in [-0.39, 0.29) is 0 Å². The highest BCUT2D eigenvalue weighted by Gasteiger charge is 2.05. The molecule has 0 bridgehead atoms. The first-order valence-corrected chi connectivity index (χ1v) is 5.27. The fraction of sp³-hybridized carbons (Fsp3) is 0.667. The van der Waals surface area contributed by atoms with Gasteiger partial charge in [-0.1, -0.05) is 12.2 Å². The summed E-state index contributed by atoms with van der Waals surface area (Å²) in [6.07, 6.45) is 16.9. The lowest BCUT2D eigenvalue weighted by Crippen LogP contribution is -2.29. The van der Waals surface area contributed by atoms with Crippen LogP contribution in [0.5, 0.6) is 0 Å². The second kappa shape index (κ2) is 6.74. The number of hydrogen-bond acceptors (Lipinski definition) is 1. The molecule has 0 aromatic carbocycles. The second-order valence-corrected chi connectivity index (χ2v) is 3.58. The van der Waals surface area contributed by atoms with E-state index in [9.17, 15) is 0 Å². The Morgan fingerprint density at radius 2 is 2.38 bits per heavy atom. The molecule has 0 saturated carbocycles. The van der Waals surface area contributed by atoms with E-state index in [0.717, 1.165) is 19.4 Å². The van der Waals surface area contributed by atoms with E-state index >= 15 is 0 Å². The van der Waals surface area contributed by atoms with Crippen LogP contribution in [0.25, 0.3) is 0 Å². The third-order valence-corrected chi connectivity index (χ3v) is 2.41. The minimum Gasteiger partial charge on any atom is -0.311 e. The monoisotopic (exact) mass is 177 g/mol.